The summed E-state index contributed by atoms with van der Waals surface area (Å²) in [6.45, 7) is 18.4. The maximum Gasteiger partial charge on any atom is 0.338 e. The van der Waals surface area contributed by atoms with Gasteiger partial charge in [0.2, 0.25) is 0 Å². The number of esters is 3. The number of methoxy groups -OCH3 is 1. The molecule has 6 rings (SSSR count). The molecule has 0 saturated heterocycles. The summed E-state index contributed by atoms with van der Waals surface area (Å²) in [6.07, 6.45) is 9.31. The molecular weight excluding hydrogens is 693 g/mol. The summed E-state index contributed by atoms with van der Waals surface area (Å²) in [6, 6.07) is 8.81. The standard InChI is InChI=1S/C47H64O8/c1-29(2)34-23-31-13-15-39-44(5,37(31)25-33(34)27-53-28-48)17-10-19-46(39,7)42(50)54-21-12-22-55-43(51)47(8)20-11-18-45(6)38-26-36(41(49)52-9)35(30(3)4)24-32(38)14-16-40(45)47/h23-26,28-30,39-40H,10-22,27H2,1-9H3. The lowest BCUT2D eigenvalue weighted by atomic mass is 9.49. The van der Waals surface area contributed by atoms with E-state index in [0.717, 1.165) is 75.3 Å². The molecule has 0 radical (unpaired) electrons. The maximum absolute atomic E-state index is 14.0. The summed E-state index contributed by atoms with van der Waals surface area (Å²) < 4.78 is 22.5. The molecule has 2 aromatic carbocycles. The van der Waals surface area contributed by atoms with Crippen LogP contribution < -0.4 is 0 Å². The third-order valence-corrected chi connectivity index (χ3v) is 14.8. The number of rotatable bonds is 12. The highest BCUT2D eigenvalue weighted by atomic mass is 16.5. The van der Waals surface area contributed by atoms with Gasteiger partial charge in [-0.25, -0.2) is 4.79 Å². The van der Waals surface area contributed by atoms with Crippen molar-refractivity contribution in [3.8, 4) is 0 Å². The second-order valence-electron chi connectivity index (χ2n) is 18.7. The SMILES string of the molecule is COC(=O)c1cc2c(cc1C(C)C)CCC1C(C)(C(=O)OCCCOC(=O)C3(C)CCCC4(C)c5cc(COC=O)c(C(C)C)cc5CCC34)CCCC21C. The lowest BCUT2D eigenvalue weighted by molar-refractivity contribution is -0.167. The molecule has 0 N–H and O–H groups in total. The number of carbonyl (C=O) groups excluding carboxylic acids is 4. The van der Waals surface area contributed by atoms with E-state index in [2.05, 4.69) is 79.7 Å². The molecule has 4 aliphatic carbocycles. The topological polar surface area (TPSA) is 105 Å². The molecule has 8 heteroatoms. The monoisotopic (exact) mass is 756 g/mol. The second-order valence-corrected chi connectivity index (χ2v) is 18.7. The van der Waals surface area contributed by atoms with E-state index in [9.17, 15) is 19.2 Å². The number of hydrogen-bond acceptors (Lipinski definition) is 8. The third-order valence-electron chi connectivity index (χ3n) is 14.8. The second kappa shape index (κ2) is 15.7. The first-order chi connectivity index (χ1) is 26.0. The summed E-state index contributed by atoms with van der Waals surface area (Å²) in [5, 5.41) is 0. The van der Waals surface area contributed by atoms with Crippen molar-refractivity contribution in [3.05, 3.63) is 68.8 Å². The first kappa shape index (κ1) is 41.0. The van der Waals surface area contributed by atoms with Crippen molar-refractivity contribution in [3.63, 3.8) is 0 Å². The van der Waals surface area contributed by atoms with Crippen molar-refractivity contribution < 1.29 is 38.1 Å². The van der Waals surface area contributed by atoms with Gasteiger partial charge in [0, 0.05) is 6.42 Å². The molecule has 6 unspecified atom stereocenters. The first-order valence-electron chi connectivity index (χ1n) is 20.9. The van der Waals surface area contributed by atoms with Gasteiger partial charge in [-0.3, -0.25) is 14.4 Å². The number of benzene rings is 2. The van der Waals surface area contributed by atoms with Crippen LogP contribution in [0.2, 0.25) is 0 Å². The van der Waals surface area contributed by atoms with Crippen molar-refractivity contribution in [1.82, 2.24) is 0 Å². The van der Waals surface area contributed by atoms with E-state index >= 15 is 0 Å². The highest BCUT2D eigenvalue weighted by Crippen LogP contribution is 2.59. The fourth-order valence-electron chi connectivity index (χ4n) is 11.9. The van der Waals surface area contributed by atoms with Crippen LogP contribution in [0.3, 0.4) is 0 Å². The molecule has 4 aliphatic rings. The van der Waals surface area contributed by atoms with E-state index in [-0.39, 0.29) is 66.3 Å². The van der Waals surface area contributed by atoms with Crippen LogP contribution in [0.4, 0.5) is 0 Å². The summed E-state index contributed by atoms with van der Waals surface area (Å²) >= 11 is 0. The predicted molar refractivity (Wildman–Crippen MR) is 212 cm³/mol. The molecule has 2 fully saturated rings. The minimum absolute atomic E-state index is 0.0775. The average molecular weight is 757 g/mol. The Kier molecular flexibility index (Phi) is 11.7. The van der Waals surface area contributed by atoms with Gasteiger partial charge in [0.1, 0.15) is 6.61 Å². The van der Waals surface area contributed by atoms with E-state index in [4.69, 9.17) is 18.9 Å². The van der Waals surface area contributed by atoms with Gasteiger partial charge >= 0.3 is 17.9 Å². The molecule has 0 spiro atoms. The zero-order chi connectivity index (χ0) is 39.9. The van der Waals surface area contributed by atoms with E-state index in [0.29, 0.717) is 24.4 Å². The van der Waals surface area contributed by atoms with Gasteiger partial charge < -0.3 is 18.9 Å². The lowest BCUT2D eigenvalue weighted by Gasteiger charge is -2.54. The normalized spacial score (nSPS) is 29.7. The first-order valence-corrected chi connectivity index (χ1v) is 20.9. The minimum atomic E-state index is -0.657. The molecule has 2 aromatic rings. The van der Waals surface area contributed by atoms with E-state index in [1.807, 2.05) is 0 Å². The molecule has 0 aromatic heterocycles. The highest BCUT2D eigenvalue weighted by Gasteiger charge is 2.57. The molecule has 0 bridgehead atoms. The summed E-state index contributed by atoms with van der Waals surface area (Å²) in [5.74, 6) is 0.0390. The number of aryl methyl sites for hydroxylation is 2. The maximum atomic E-state index is 14.0. The summed E-state index contributed by atoms with van der Waals surface area (Å²) in [4.78, 5) is 52.0. The van der Waals surface area contributed by atoms with Crippen molar-refractivity contribution in [2.24, 2.45) is 22.7 Å². The average Bonchev–Trinajstić information content (AvgIpc) is 3.15. The quantitative estimate of drug-likeness (QED) is 0.0913. The van der Waals surface area contributed by atoms with Gasteiger partial charge in [-0.1, -0.05) is 72.6 Å². The van der Waals surface area contributed by atoms with E-state index in [1.54, 1.807) is 0 Å². The molecule has 6 atom stereocenters. The zero-order valence-electron chi connectivity index (χ0n) is 34.9. The van der Waals surface area contributed by atoms with Crippen molar-refractivity contribution in [2.75, 3.05) is 20.3 Å². The predicted octanol–water partition coefficient (Wildman–Crippen LogP) is 9.59. The number of ether oxygens (including phenoxy) is 4. The molecule has 300 valence electrons. The Morgan fingerprint density at radius 3 is 1.69 bits per heavy atom. The van der Waals surface area contributed by atoms with E-state index < -0.39 is 10.8 Å². The largest absolute Gasteiger partial charge is 0.465 e. The van der Waals surface area contributed by atoms with Gasteiger partial charge in [0.15, 0.2) is 0 Å². The van der Waals surface area contributed by atoms with E-state index in [1.165, 1.54) is 34.9 Å². The van der Waals surface area contributed by atoms with Gasteiger partial charge in [0.25, 0.3) is 6.47 Å². The fraction of sp³-hybridized carbons (Fsp3) is 0.660. The van der Waals surface area contributed by atoms with Gasteiger partial charge in [-0.15, -0.1) is 0 Å². The molecular formula is C47H64O8. The molecule has 8 nitrogen and oxygen atoms in total. The van der Waals surface area contributed by atoms with Crippen LogP contribution in [-0.2, 0) is 63.6 Å². The Balaban J connectivity index is 1.10. The summed E-state index contributed by atoms with van der Waals surface area (Å²) in [7, 11) is 1.43. The van der Waals surface area contributed by atoms with Crippen LogP contribution in [0.15, 0.2) is 24.3 Å². The highest BCUT2D eigenvalue weighted by molar-refractivity contribution is 5.92. The summed E-state index contributed by atoms with van der Waals surface area (Å²) in [5.41, 5.74) is 7.21. The van der Waals surface area contributed by atoms with Crippen LogP contribution in [0, 0.1) is 22.7 Å². The molecule has 55 heavy (non-hydrogen) atoms. The molecule has 2 saturated carbocycles. The Hall–Kier alpha value is -3.68. The number of carbonyl (C=O) groups is 4. The smallest absolute Gasteiger partial charge is 0.338 e. The van der Waals surface area contributed by atoms with Crippen LogP contribution in [0.5, 0.6) is 0 Å². The minimum Gasteiger partial charge on any atom is -0.465 e. The van der Waals surface area contributed by atoms with Crippen LogP contribution in [-0.4, -0.2) is 44.7 Å². The zero-order valence-corrected chi connectivity index (χ0v) is 34.9. The van der Waals surface area contributed by atoms with Gasteiger partial charge in [-0.2, -0.15) is 0 Å². The molecule has 0 heterocycles. The Labute approximate surface area is 328 Å². The third kappa shape index (κ3) is 7.14. The van der Waals surface area contributed by atoms with Crippen LogP contribution in [0.1, 0.15) is 174 Å². The fourth-order valence-corrected chi connectivity index (χ4v) is 11.9. The Morgan fingerprint density at radius 1 is 0.727 bits per heavy atom. The lowest BCUT2D eigenvalue weighted by Crippen LogP contribution is -2.53. The number of hydrogen-bond donors (Lipinski definition) is 0. The van der Waals surface area contributed by atoms with Gasteiger partial charge in [0.05, 0.1) is 36.7 Å². The Bertz CT molecular complexity index is 1810. The van der Waals surface area contributed by atoms with Gasteiger partial charge in [-0.05, 0) is 145 Å². The molecule has 0 aliphatic heterocycles. The Morgan fingerprint density at radius 2 is 1.22 bits per heavy atom. The van der Waals surface area contributed by atoms with Crippen molar-refractivity contribution in [1.29, 1.82) is 0 Å². The van der Waals surface area contributed by atoms with Crippen LogP contribution >= 0.6 is 0 Å². The van der Waals surface area contributed by atoms with Crippen LogP contribution in [0.25, 0.3) is 0 Å². The number of fused-ring (bicyclic) bond motifs is 6. The van der Waals surface area contributed by atoms with Crippen molar-refractivity contribution in [2.45, 2.75) is 155 Å². The van der Waals surface area contributed by atoms with Crippen molar-refractivity contribution >= 4 is 24.4 Å². The molecule has 0 amide bonds.